The van der Waals surface area contributed by atoms with Crippen molar-refractivity contribution in [2.75, 3.05) is 0 Å². The van der Waals surface area contributed by atoms with Crippen LogP contribution in [0.15, 0.2) is 115 Å². The molecule has 0 spiro atoms. The third-order valence-corrected chi connectivity index (χ3v) is 9.51. The van der Waals surface area contributed by atoms with Gasteiger partial charge in [0, 0.05) is 5.02 Å². The fourth-order valence-corrected chi connectivity index (χ4v) is 8.12. The van der Waals surface area contributed by atoms with Crippen molar-refractivity contribution in [1.82, 2.24) is 0 Å². The molecule has 0 amide bonds. The van der Waals surface area contributed by atoms with Gasteiger partial charge in [0.1, 0.15) is 23.2 Å². The summed E-state index contributed by atoms with van der Waals surface area (Å²) in [5, 5.41) is 4.96. The Bertz CT molecular complexity index is 905. The van der Waals surface area contributed by atoms with E-state index >= 15 is 0 Å². The molecule has 0 aliphatic carbocycles. The maximum atomic E-state index is 6.32. The van der Waals surface area contributed by atoms with Crippen LogP contribution in [-0.4, -0.2) is 0 Å². The van der Waals surface area contributed by atoms with Crippen LogP contribution in [0.4, 0.5) is 0 Å². The van der Waals surface area contributed by atoms with Crippen LogP contribution in [0.2, 0.25) is 5.02 Å². The smallest absolute Gasteiger partial charge is 0.116 e. The molecule has 0 saturated carbocycles. The minimum Gasteiger partial charge on any atom is -1.00 e. The van der Waals surface area contributed by atoms with Gasteiger partial charge in [0.25, 0.3) is 0 Å². The van der Waals surface area contributed by atoms with Gasteiger partial charge in [-0.25, -0.2) is 0 Å². The minimum atomic E-state index is -1.85. The fourth-order valence-electron chi connectivity index (χ4n) is 3.68. The van der Waals surface area contributed by atoms with E-state index in [-0.39, 0.29) is 12.4 Å². The Kier molecular flexibility index (Phi) is 6.92. The van der Waals surface area contributed by atoms with Crippen molar-refractivity contribution in [2.45, 2.75) is 6.16 Å². The van der Waals surface area contributed by atoms with E-state index in [9.17, 15) is 0 Å². The summed E-state index contributed by atoms with van der Waals surface area (Å²) in [6, 6.07) is 41.1. The van der Waals surface area contributed by atoms with E-state index in [0.29, 0.717) is 0 Å². The zero-order chi connectivity index (χ0) is 18.5. The first-order chi connectivity index (χ1) is 13.3. The number of benzene rings is 4. The second-order valence-corrected chi connectivity index (χ2v) is 10.5. The molecule has 0 fully saturated rings. The molecule has 0 heterocycles. The summed E-state index contributed by atoms with van der Waals surface area (Å²) in [4.78, 5) is 0. The maximum absolute atomic E-state index is 6.32. The molecule has 28 heavy (non-hydrogen) atoms. The Morgan fingerprint density at radius 3 is 1.36 bits per heavy atom. The van der Waals surface area contributed by atoms with E-state index in [1.807, 2.05) is 12.1 Å². The predicted molar refractivity (Wildman–Crippen MR) is 120 cm³/mol. The summed E-state index contributed by atoms with van der Waals surface area (Å²) >= 11 is 6.32. The Morgan fingerprint density at radius 1 is 0.536 bits per heavy atom. The van der Waals surface area contributed by atoms with Gasteiger partial charge < -0.3 is 12.4 Å². The third-order valence-electron chi connectivity index (χ3n) is 4.90. The van der Waals surface area contributed by atoms with Crippen molar-refractivity contribution in [2.24, 2.45) is 0 Å². The van der Waals surface area contributed by atoms with E-state index in [2.05, 4.69) is 103 Å². The summed E-state index contributed by atoms with van der Waals surface area (Å²) < 4.78 is 0. The highest BCUT2D eigenvalue weighted by molar-refractivity contribution is 7.95. The first kappa shape index (κ1) is 20.6. The monoisotopic (exact) mass is 422 g/mol. The lowest BCUT2D eigenvalue weighted by Crippen LogP contribution is -3.00. The van der Waals surface area contributed by atoms with Gasteiger partial charge in [-0.15, -0.1) is 0 Å². The topological polar surface area (TPSA) is 0 Å². The normalized spacial score (nSPS) is 10.9. The molecule has 4 aromatic carbocycles. The van der Waals surface area contributed by atoms with Gasteiger partial charge in [0.2, 0.25) is 0 Å². The lowest BCUT2D eigenvalue weighted by Gasteiger charge is -2.27. The van der Waals surface area contributed by atoms with Crippen molar-refractivity contribution in [3.05, 3.63) is 126 Å². The van der Waals surface area contributed by atoms with Crippen LogP contribution in [-0.2, 0) is 6.16 Å². The lowest BCUT2D eigenvalue weighted by molar-refractivity contribution is -0.00000514. The van der Waals surface area contributed by atoms with Crippen LogP contribution >= 0.6 is 18.9 Å². The summed E-state index contributed by atoms with van der Waals surface area (Å²) in [5.41, 5.74) is 1.27. The summed E-state index contributed by atoms with van der Waals surface area (Å²) in [7, 11) is -1.85. The van der Waals surface area contributed by atoms with Crippen molar-refractivity contribution < 1.29 is 12.4 Å². The second-order valence-electron chi connectivity index (χ2n) is 6.60. The number of halogens is 2. The quantitative estimate of drug-likeness (QED) is 0.433. The van der Waals surface area contributed by atoms with Crippen LogP contribution < -0.4 is 28.3 Å². The molecular formula is C25H21Cl2P. The van der Waals surface area contributed by atoms with Gasteiger partial charge in [0.15, 0.2) is 0 Å². The van der Waals surface area contributed by atoms with Crippen molar-refractivity contribution in [3.63, 3.8) is 0 Å². The van der Waals surface area contributed by atoms with Crippen molar-refractivity contribution >= 4 is 34.8 Å². The van der Waals surface area contributed by atoms with Gasteiger partial charge in [-0.3, -0.25) is 0 Å². The highest BCUT2D eigenvalue weighted by atomic mass is 35.5. The number of hydrogen-bond acceptors (Lipinski definition) is 0. The summed E-state index contributed by atoms with van der Waals surface area (Å²) in [5.74, 6) is 0. The molecule has 140 valence electrons. The van der Waals surface area contributed by atoms with Gasteiger partial charge in [-0.05, 0) is 54.1 Å². The zero-order valence-corrected chi connectivity index (χ0v) is 17.8. The highest BCUT2D eigenvalue weighted by Gasteiger charge is 2.45. The number of hydrogen-bond donors (Lipinski definition) is 0. The van der Waals surface area contributed by atoms with E-state index in [1.54, 1.807) is 0 Å². The molecule has 0 atom stereocenters. The molecule has 0 radical (unpaired) electrons. The average Bonchev–Trinajstić information content (AvgIpc) is 2.74. The third kappa shape index (κ3) is 4.15. The Hall–Kier alpha value is -2.11. The predicted octanol–water partition coefficient (Wildman–Crippen LogP) is 2.84. The average molecular weight is 423 g/mol. The molecule has 3 heteroatoms. The molecule has 0 bridgehead atoms. The van der Waals surface area contributed by atoms with Crippen LogP contribution in [0.5, 0.6) is 0 Å². The highest BCUT2D eigenvalue weighted by Crippen LogP contribution is 2.58. The Morgan fingerprint density at radius 2 is 0.964 bits per heavy atom. The molecule has 0 saturated heterocycles. The van der Waals surface area contributed by atoms with E-state index in [0.717, 1.165) is 11.2 Å². The van der Waals surface area contributed by atoms with E-state index in [4.69, 9.17) is 11.6 Å². The van der Waals surface area contributed by atoms with Crippen molar-refractivity contribution in [3.8, 4) is 0 Å². The SMILES string of the molecule is Clc1cccc(C[P+](c2ccccc2)(c2ccccc2)c2ccccc2)c1.[Cl-]. The van der Waals surface area contributed by atoms with E-state index in [1.165, 1.54) is 21.5 Å². The zero-order valence-electron chi connectivity index (χ0n) is 15.4. The molecular weight excluding hydrogens is 402 g/mol. The van der Waals surface area contributed by atoms with Gasteiger partial charge in [0.05, 0.1) is 6.16 Å². The van der Waals surface area contributed by atoms with Gasteiger partial charge in [-0.2, -0.15) is 0 Å². The fraction of sp³-hybridized carbons (Fsp3) is 0.0400. The van der Waals surface area contributed by atoms with Crippen molar-refractivity contribution in [1.29, 1.82) is 0 Å². The first-order valence-electron chi connectivity index (χ1n) is 9.08. The van der Waals surface area contributed by atoms with Crippen LogP contribution in [0.3, 0.4) is 0 Å². The number of rotatable bonds is 5. The Balaban J connectivity index is 0.00000225. The first-order valence-corrected chi connectivity index (χ1v) is 11.4. The maximum Gasteiger partial charge on any atom is 0.116 e. The molecule has 0 N–H and O–H groups in total. The second kappa shape index (κ2) is 9.39. The molecule has 0 aliphatic heterocycles. The largest absolute Gasteiger partial charge is 1.00 e. The molecule has 0 nitrogen and oxygen atoms in total. The van der Waals surface area contributed by atoms with Crippen LogP contribution in [0, 0.1) is 0 Å². The van der Waals surface area contributed by atoms with Gasteiger partial charge in [-0.1, -0.05) is 78.3 Å². The summed E-state index contributed by atoms with van der Waals surface area (Å²) in [6.45, 7) is 0. The molecule has 4 rings (SSSR count). The summed E-state index contributed by atoms with van der Waals surface area (Å²) in [6.07, 6.45) is 0.950. The van der Waals surface area contributed by atoms with Gasteiger partial charge >= 0.3 is 0 Å². The molecule has 0 aliphatic rings. The van der Waals surface area contributed by atoms with Crippen LogP contribution in [0.1, 0.15) is 5.56 Å². The Labute approximate surface area is 179 Å². The molecule has 4 aromatic rings. The lowest BCUT2D eigenvalue weighted by atomic mass is 10.2. The van der Waals surface area contributed by atoms with Crippen LogP contribution in [0.25, 0.3) is 0 Å². The van der Waals surface area contributed by atoms with E-state index < -0.39 is 7.26 Å². The minimum absolute atomic E-state index is 0. The molecule has 0 aromatic heterocycles. The molecule has 0 unspecified atom stereocenters. The standard InChI is InChI=1S/C25H21ClP.ClH/c26-22-12-10-11-21(19-22)20-27(23-13-4-1-5-14-23,24-15-6-2-7-16-24)25-17-8-3-9-18-25;/h1-19H,20H2;1H/q+1;/p-1.